The van der Waals surface area contributed by atoms with Crippen LogP contribution in [0.25, 0.3) is 0 Å². The highest BCUT2D eigenvalue weighted by Gasteiger charge is 2.15. The molecule has 6 nitrogen and oxygen atoms in total. The van der Waals surface area contributed by atoms with Crippen molar-refractivity contribution in [1.82, 2.24) is 14.7 Å². The van der Waals surface area contributed by atoms with Gasteiger partial charge < -0.3 is 14.7 Å². The lowest BCUT2D eigenvalue weighted by molar-refractivity contribution is -0.144. The van der Waals surface area contributed by atoms with Gasteiger partial charge >= 0.3 is 5.97 Å². The number of carboxylic acids is 1. The third-order valence-corrected chi connectivity index (χ3v) is 3.60. The molecule has 0 unspecified atom stereocenters. The number of aromatic nitrogens is 2. The van der Waals surface area contributed by atoms with Crippen LogP contribution >= 0.6 is 0 Å². The average molecular weight is 317 g/mol. The van der Waals surface area contributed by atoms with Crippen molar-refractivity contribution in [2.45, 2.75) is 26.0 Å². The van der Waals surface area contributed by atoms with E-state index in [1.54, 1.807) is 4.68 Å². The van der Waals surface area contributed by atoms with Crippen LogP contribution in [0.5, 0.6) is 5.75 Å². The van der Waals surface area contributed by atoms with Crippen LogP contribution in [0.1, 0.15) is 18.1 Å². The average Bonchev–Trinajstić information content (AvgIpc) is 2.92. The standard InChI is InChI=1S/C17H23N3O3/c1-13(17(21)22)23-16-7-5-4-6-15(16)12-19(2)9-8-14-10-18-20(3)11-14/h4-7,10-11,13H,8-9,12H2,1-3H3,(H,21,22)/t13-/m0/s1. The topological polar surface area (TPSA) is 67.6 Å². The quantitative estimate of drug-likeness (QED) is 0.806. The number of hydrogen-bond donors (Lipinski definition) is 1. The number of nitrogens with zero attached hydrogens (tertiary/aromatic N) is 3. The Morgan fingerprint density at radius 3 is 2.83 bits per heavy atom. The number of benzene rings is 1. The first-order valence-corrected chi connectivity index (χ1v) is 7.59. The van der Waals surface area contributed by atoms with Gasteiger partial charge in [0.15, 0.2) is 6.10 Å². The van der Waals surface area contributed by atoms with Crippen LogP contribution in [0, 0.1) is 0 Å². The van der Waals surface area contributed by atoms with Crippen molar-refractivity contribution >= 4 is 5.97 Å². The van der Waals surface area contributed by atoms with Gasteiger partial charge in [0.2, 0.25) is 0 Å². The van der Waals surface area contributed by atoms with Crippen LogP contribution in [0.3, 0.4) is 0 Å². The molecule has 0 saturated heterocycles. The van der Waals surface area contributed by atoms with E-state index in [9.17, 15) is 4.79 Å². The molecule has 0 fully saturated rings. The summed E-state index contributed by atoms with van der Waals surface area (Å²) < 4.78 is 7.33. The van der Waals surface area contributed by atoms with Gasteiger partial charge in [0.05, 0.1) is 6.20 Å². The van der Waals surface area contributed by atoms with Crippen LogP contribution < -0.4 is 4.74 Å². The van der Waals surface area contributed by atoms with E-state index in [0.717, 1.165) is 18.5 Å². The molecule has 1 heterocycles. The molecule has 0 saturated carbocycles. The Labute approximate surface area is 136 Å². The zero-order valence-electron chi connectivity index (χ0n) is 13.8. The number of rotatable bonds is 8. The molecule has 1 aromatic heterocycles. The second-order valence-corrected chi connectivity index (χ2v) is 5.72. The summed E-state index contributed by atoms with van der Waals surface area (Å²) in [5.41, 5.74) is 2.18. The molecular weight excluding hydrogens is 294 g/mol. The monoisotopic (exact) mass is 317 g/mol. The van der Waals surface area contributed by atoms with E-state index in [1.165, 1.54) is 12.5 Å². The number of aliphatic carboxylic acids is 1. The molecule has 0 aliphatic carbocycles. The Balaban J connectivity index is 1.94. The predicted molar refractivity (Wildman–Crippen MR) is 87.4 cm³/mol. The zero-order chi connectivity index (χ0) is 16.8. The first kappa shape index (κ1) is 17.0. The summed E-state index contributed by atoms with van der Waals surface area (Å²) in [6, 6.07) is 7.56. The van der Waals surface area contributed by atoms with E-state index in [2.05, 4.69) is 10.00 Å². The molecule has 0 amide bonds. The number of hydrogen-bond acceptors (Lipinski definition) is 4. The highest BCUT2D eigenvalue weighted by Crippen LogP contribution is 2.21. The summed E-state index contributed by atoms with van der Waals surface area (Å²) >= 11 is 0. The molecule has 0 radical (unpaired) electrons. The fraction of sp³-hybridized carbons (Fsp3) is 0.412. The molecule has 23 heavy (non-hydrogen) atoms. The van der Waals surface area contributed by atoms with Gasteiger partial charge in [-0.2, -0.15) is 5.10 Å². The zero-order valence-corrected chi connectivity index (χ0v) is 13.8. The molecule has 124 valence electrons. The second-order valence-electron chi connectivity index (χ2n) is 5.72. The predicted octanol–water partition coefficient (Wildman–Crippen LogP) is 1.95. The fourth-order valence-corrected chi connectivity index (χ4v) is 2.28. The molecule has 0 aliphatic heterocycles. The van der Waals surface area contributed by atoms with Gasteiger partial charge in [-0.3, -0.25) is 4.68 Å². The molecule has 2 aromatic rings. The summed E-state index contributed by atoms with van der Waals surface area (Å²) in [6.45, 7) is 3.11. The maximum atomic E-state index is 11.0. The van der Waals surface area contributed by atoms with E-state index < -0.39 is 12.1 Å². The van der Waals surface area contributed by atoms with Crippen LogP contribution in [-0.4, -0.2) is 45.5 Å². The van der Waals surface area contributed by atoms with Crippen LogP contribution in [0.15, 0.2) is 36.7 Å². The van der Waals surface area contributed by atoms with E-state index in [4.69, 9.17) is 9.84 Å². The fourth-order valence-electron chi connectivity index (χ4n) is 2.28. The lowest BCUT2D eigenvalue weighted by Crippen LogP contribution is -2.25. The van der Waals surface area contributed by atoms with E-state index in [0.29, 0.717) is 12.3 Å². The Morgan fingerprint density at radius 1 is 1.43 bits per heavy atom. The van der Waals surface area contributed by atoms with Gasteiger partial charge in [-0.25, -0.2) is 4.79 Å². The molecular formula is C17H23N3O3. The Hall–Kier alpha value is -2.34. The number of likely N-dealkylation sites (N-methyl/N-ethyl adjacent to an activating group) is 1. The number of aryl methyl sites for hydroxylation is 1. The third-order valence-electron chi connectivity index (χ3n) is 3.60. The van der Waals surface area contributed by atoms with Gasteiger partial charge in [-0.1, -0.05) is 18.2 Å². The lowest BCUT2D eigenvalue weighted by Gasteiger charge is -2.19. The minimum atomic E-state index is -0.968. The van der Waals surface area contributed by atoms with Gasteiger partial charge in [-0.05, 0) is 32.0 Å². The summed E-state index contributed by atoms with van der Waals surface area (Å²) in [5.74, 6) is -0.347. The third kappa shape index (κ3) is 5.10. The first-order valence-electron chi connectivity index (χ1n) is 7.59. The summed E-state index contributed by atoms with van der Waals surface area (Å²) in [5, 5.41) is 13.1. The van der Waals surface area contributed by atoms with Crippen LogP contribution in [-0.2, 0) is 24.8 Å². The smallest absolute Gasteiger partial charge is 0.344 e. The molecule has 0 spiro atoms. The highest BCUT2D eigenvalue weighted by atomic mass is 16.5. The Morgan fingerprint density at radius 2 is 2.17 bits per heavy atom. The molecule has 1 atom stereocenters. The summed E-state index contributed by atoms with van der Waals surface area (Å²) in [7, 11) is 3.94. The van der Waals surface area contributed by atoms with Crippen LogP contribution in [0.2, 0.25) is 0 Å². The van der Waals surface area contributed by atoms with Gasteiger partial charge in [0.1, 0.15) is 5.75 Å². The molecule has 2 rings (SSSR count). The van der Waals surface area contributed by atoms with Gasteiger partial charge in [0, 0.05) is 31.9 Å². The maximum Gasteiger partial charge on any atom is 0.344 e. The number of ether oxygens (including phenoxy) is 1. The van der Waals surface area contributed by atoms with Crippen molar-refractivity contribution in [3.8, 4) is 5.75 Å². The van der Waals surface area contributed by atoms with Crippen molar-refractivity contribution in [2.75, 3.05) is 13.6 Å². The SMILES string of the molecule is C[C@H](Oc1ccccc1CN(C)CCc1cnn(C)c1)C(=O)O. The second kappa shape index (κ2) is 7.78. The van der Waals surface area contributed by atoms with E-state index >= 15 is 0 Å². The van der Waals surface area contributed by atoms with Crippen molar-refractivity contribution in [3.63, 3.8) is 0 Å². The molecule has 1 aromatic carbocycles. The lowest BCUT2D eigenvalue weighted by atomic mass is 10.1. The Kier molecular flexibility index (Phi) is 5.76. The van der Waals surface area contributed by atoms with Crippen molar-refractivity contribution in [1.29, 1.82) is 0 Å². The van der Waals surface area contributed by atoms with Gasteiger partial charge in [-0.15, -0.1) is 0 Å². The van der Waals surface area contributed by atoms with Gasteiger partial charge in [0.25, 0.3) is 0 Å². The van der Waals surface area contributed by atoms with Crippen molar-refractivity contribution < 1.29 is 14.6 Å². The van der Waals surface area contributed by atoms with E-state index in [1.807, 2.05) is 50.8 Å². The summed E-state index contributed by atoms with van der Waals surface area (Å²) in [6.07, 6.45) is 3.94. The number of carboxylic acid groups (broad SMARTS) is 1. The minimum Gasteiger partial charge on any atom is -0.479 e. The molecule has 0 bridgehead atoms. The number of carbonyl (C=O) groups is 1. The maximum absolute atomic E-state index is 11.0. The van der Waals surface area contributed by atoms with Crippen molar-refractivity contribution in [2.24, 2.45) is 7.05 Å². The van der Waals surface area contributed by atoms with Crippen molar-refractivity contribution in [3.05, 3.63) is 47.8 Å². The molecule has 0 aliphatic rings. The summed E-state index contributed by atoms with van der Waals surface area (Å²) in [4.78, 5) is 13.1. The molecule has 6 heteroatoms. The first-order chi connectivity index (χ1) is 11.0. The largest absolute Gasteiger partial charge is 0.479 e. The normalized spacial score (nSPS) is 12.3. The van der Waals surface area contributed by atoms with E-state index in [-0.39, 0.29) is 0 Å². The minimum absolute atomic E-state index is 0.621. The van der Waals surface area contributed by atoms with Crippen LogP contribution in [0.4, 0.5) is 0 Å². The highest BCUT2D eigenvalue weighted by molar-refractivity contribution is 5.72. The molecule has 1 N–H and O–H groups in total. The Bertz CT molecular complexity index is 654. The number of para-hydroxylation sites is 1.